The van der Waals surface area contributed by atoms with Crippen molar-refractivity contribution in [3.8, 4) is 0 Å². The summed E-state index contributed by atoms with van der Waals surface area (Å²) in [6.07, 6.45) is 6.73. The minimum atomic E-state index is 0.0481. The van der Waals surface area contributed by atoms with Crippen molar-refractivity contribution in [2.75, 3.05) is 13.1 Å². The summed E-state index contributed by atoms with van der Waals surface area (Å²) in [5, 5.41) is 3.81. The molecule has 2 aliphatic rings. The standard InChI is InChI=1S/C24H33N5O/c1-15(2)22(28-25)10-16(3)24(30)29-9-8-20(14-29)23-12-21(11-18(5)27-23)19-7-6-17(4)26-13-19/h10-13,15,20H,6-9,14,25H2,1-5H3/b16-10+,28-22+. The zero-order valence-corrected chi connectivity index (χ0v) is 18.8. The lowest BCUT2D eigenvalue weighted by molar-refractivity contribution is -0.126. The molecule has 1 saturated heterocycles. The Morgan fingerprint density at radius 1 is 1.30 bits per heavy atom. The van der Waals surface area contributed by atoms with Gasteiger partial charge in [0.05, 0.1) is 5.71 Å². The third-order valence-corrected chi connectivity index (χ3v) is 5.88. The van der Waals surface area contributed by atoms with Crippen molar-refractivity contribution in [1.29, 1.82) is 0 Å². The molecule has 0 bridgehead atoms. The van der Waals surface area contributed by atoms with Crippen LogP contribution in [-0.4, -0.2) is 40.3 Å². The van der Waals surface area contributed by atoms with Crippen LogP contribution in [0.25, 0.3) is 5.57 Å². The number of allylic oxidation sites excluding steroid dienone is 2. The molecule has 2 N–H and O–H groups in total. The van der Waals surface area contributed by atoms with Gasteiger partial charge in [-0.05, 0) is 75.3 Å². The first-order chi connectivity index (χ1) is 14.3. The quantitative estimate of drug-likeness (QED) is 0.343. The molecule has 0 spiro atoms. The van der Waals surface area contributed by atoms with E-state index in [9.17, 15) is 4.79 Å². The summed E-state index contributed by atoms with van der Waals surface area (Å²) >= 11 is 0. The van der Waals surface area contributed by atoms with Crippen LogP contribution in [0.2, 0.25) is 0 Å². The van der Waals surface area contributed by atoms with Gasteiger partial charge in [-0.25, -0.2) is 0 Å². The molecule has 1 aromatic heterocycles. The van der Waals surface area contributed by atoms with Crippen LogP contribution in [0.15, 0.2) is 40.1 Å². The molecule has 6 heteroatoms. The van der Waals surface area contributed by atoms with Gasteiger partial charge in [0, 0.05) is 47.9 Å². The van der Waals surface area contributed by atoms with Crippen LogP contribution in [0.4, 0.5) is 0 Å². The van der Waals surface area contributed by atoms with Crippen molar-refractivity contribution in [3.63, 3.8) is 0 Å². The fourth-order valence-electron chi connectivity index (χ4n) is 4.01. The van der Waals surface area contributed by atoms with Crippen LogP contribution in [0.3, 0.4) is 0 Å². The van der Waals surface area contributed by atoms with Crippen molar-refractivity contribution < 1.29 is 4.79 Å². The van der Waals surface area contributed by atoms with E-state index in [0.717, 1.165) is 42.9 Å². The van der Waals surface area contributed by atoms with Gasteiger partial charge in [0.1, 0.15) is 0 Å². The van der Waals surface area contributed by atoms with Crippen molar-refractivity contribution in [3.05, 3.63) is 46.9 Å². The summed E-state index contributed by atoms with van der Waals surface area (Å²) in [5.74, 6) is 5.95. The van der Waals surface area contributed by atoms with E-state index in [0.29, 0.717) is 12.1 Å². The van der Waals surface area contributed by atoms with Gasteiger partial charge < -0.3 is 10.7 Å². The Hall–Kier alpha value is -2.76. The normalized spacial score (nSPS) is 20.5. The zero-order valence-electron chi connectivity index (χ0n) is 18.8. The average molecular weight is 408 g/mol. The minimum Gasteiger partial charge on any atom is -0.338 e. The second kappa shape index (κ2) is 9.37. The van der Waals surface area contributed by atoms with E-state index in [1.54, 1.807) is 6.08 Å². The topological polar surface area (TPSA) is 83.9 Å². The van der Waals surface area contributed by atoms with Gasteiger partial charge in [0.25, 0.3) is 0 Å². The average Bonchev–Trinajstić information content (AvgIpc) is 3.21. The number of hydrogen-bond donors (Lipinski definition) is 1. The molecule has 1 fully saturated rings. The number of carbonyl (C=O) groups excluding carboxylic acids is 1. The summed E-state index contributed by atoms with van der Waals surface area (Å²) in [6.45, 7) is 11.4. The van der Waals surface area contributed by atoms with Crippen LogP contribution < -0.4 is 5.84 Å². The van der Waals surface area contributed by atoms with Gasteiger partial charge in [-0.1, -0.05) is 13.8 Å². The fraction of sp³-hybridized carbons (Fsp3) is 0.500. The molecule has 0 aromatic carbocycles. The van der Waals surface area contributed by atoms with E-state index < -0.39 is 0 Å². The molecule has 1 atom stereocenters. The lowest BCUT2D eigenvalue weighted by atomic mass is 9.95. The molecule has 2 aliphatic heterocycles. The summed E-state index contributed by atoms with van der Waals surface area (Å²) in [6, 6.07) is 4.32. The molecule has 0 aliphatic carbocycles. The number of carbonyl (C=O) groups is 1. The molecule has 3 rings (SSSR count). The van der Waals surface area contributed by atoms with E-state index >= 15 is 0 Å². The first kappa shape index (κ1) is 21.9. The van der Waals surface area contributed by atoms with Gasteiger partial charge >= 0.3 is 0 Å². The third-order valence-electron chi connectivity index (χ3n) is 5.88. The SMILES string of the molecule is CC1=NC=C(c2cc(C)nc(C3CCN(C(=O)/C(C)=C/C(=N\N)C(C)C)C3)c2)CC1. The number of nitrogens with two attached hydrogens (primary N) is 1. The van der Waals surface area contributed by atoms with Gasteiger partial charge in [-0.3, -0.25) is 14.8 Å². The molecule has 0 saturated carbocycles. The predicted molar refractivity (Wildman–Crippen MR) is 123 cm³/mol. The van der Waals surface area contributed by atoms with Crippen LogP contribution in [0, 0.1) is 12.8 Å². The van der Waals surface area contributed by atoms with E-state index in [-0.39, 0.29) is 17.7 Å². The highest BCUT2D eigenvalue weighted by Gasteiger charge is 2.29. The highest BCUT2D eigenvalue weighted by atomic mass is 16.2. The molecule has 0 radical (unpaired) electrons. The molecule has 1 aromatic rings. The van der Waals surface area contributed by atoms with Crippen molar-refractivity contribution >= 4 is 22.9 Å². The zero-order chi connectivity index (χ0) is 21.8. The van der Waals surface area contributed by atoms with Crippen molar-refractivity contribution in [2.24, 2.45) is 21.9 Å². The number of aromatic nitrogens is 1. The molecule has 1 unspecified atom stereocenters. The van der Waals surface area contributed by atoms with E-state index in [1.165, 1.54) is 16.8 Å². The van der Waals surface area contributed by atoms with Crippen molar-refractivity contribution in [2.45, 2.75) is 59.8 Å². The van der Waals surface area contributed by atoms with Crippen LogP contribution in [0.1, 0.15) is 69.8 Å². The van der Waals surface area contributed by atoms with E-state index in [2.05, 4.69) is 29.2 Å². The van der Waals surface area contributed by atoms with Crippen molar-refractivity contribution in [1.82, 2.24) is 9.88 Å². The predicted octanol–water partition coefficient (Wildman–Crippen LogP) is 4.22. The Labute approximate surface area is 179 Å². The number of rotatable bonds is 5. The Balaban J connectivity index is 1.75. The number of aliphatic imine (C=N–C) groups is 1. The second-order valence-corrected chi connectivity index (χ2v) is 8.71. The Morgan fingerprint density at radius 2 is 2.07 bits per heavy atom. The summed E-state index contributed by atoms with van der Waals surface area (Å²) in [7, 11) is 0. The summed E-state index contributed by atoms with van der Waals surface area (Å²) in [4.78, 5) is 24.1. The number of hydrazone groups is 1. The highest BCUT2D eigenvalue weighted by molar-refractivity contribution is 6.04. The van der Waals surface area contributed by atoms with Gasteiger partial charge in [0.15, 0.2) is 0 Å². The lowest BCUT2D eigenvalue weighted by Gasteiger charge is -2.18. The Kier molecular flexibility index (Phi) is 6.85. The summed E-state index contributed by atoms with van der Waals surface area (Å²) in [5.41, 5.74) is 7.14. The molecule has 6 nitrogen and oxygen atoms in total. The smallest absolute Gasteiger partial charge is 0.249 e. The van der Waals surface area contributed by atoms with Crippen LogP contribution in [0.5, 0.6) is 0 Å². The summed E-state index contributed by atoms with van der Waals surface area (Å²) < 4.78 is 0. The maximum Gasteiger partial charge on any atom is 0.249 e. The molecular weight excluding hydrogens is 374 g/mol. The Morgan fingerprint density at radius 3 is 2.70 bits per heavy atom. The molecule has 30 heavy (non-hydrogen) atoms. The first-order valence-electron chi connectivity index (χ1n) is 10.7. The lowest BCUT2D eigenvalue weighted by Crippen LogP contribution is -2.29. The number of aryl methyl sites for hydroxylation is 1. The fourth-order valence-corrected chi connectivity index (χ4v) is 4.01. The largest absolute Gasteiger partial charge is 0.338 e. The van der Waals surface area contributed by atoms with Gasteiger partial charge in [-0.2, -0.15) is 5.10 Å². The van der Waals surface area contributed by atoms with E-state index in [4.69, 9.17) is 10.8 Å². The molecular formula is C24H33N5O. The molecule has 160 valence electrons. The number of likely N-dealkylation sites (tertiary alicyclic amines) is 1. The third kappa shape index (κ3) is 5.04. The number of amides is 1. The van der Waals surface area contributed by atoms with Crippen LogP contribution in [-0.2, 0) is 4.79 Å². The van der Waals surface area contributed by atoms with Crippen LogP contribution >= 0.6 is 0 Å². The highest BCUT2D eigenvalue weighted by Crippen LogP contribution is 2.31. The maximum absolute atomic E-state index is 12.9. The first-order valence-corrected chi connectivity index (χ1v) is 10.7. The molecule has 3 heterocycles. The monoisotopic (exact) mass is 407 g/mol. The minimum absolute atomic E-state index is 0.0481. The second-order valence-electron chi connectivity index (χ2n) is 8.71. The van der Waals surface area contributed by atoms with Gasteiger partial charge in [-0.15, -0.1) is 0 Å². The number of hydrogen-bond acceptors (Lipinski definition) is 5. The van der Waals surface area contributed by atoms with E-state index in [1.807, 2.05) is 38.8 Å². The number of nitrogens with zero attached hydrogens (tertiary/aromatic N) is 4. The van der Waals surface area contributed by atoms with Gasteiger partial charge in [0.2, 0.25) is 5.91 Å². The Bertz CT molecular complexity index is 939. The number of pyridine rings is 1. The maximum atomic E-state index is 12.9. The molecule has 1 amide bonds.